The minimum Gasteiger partial charge on any atom is -0.490 e. The molecule has 3 heterocycles. The molecule has 12 heteroatoms. The van der Waals surface area contributed by atoms with E-state index in [0.29, 0.717) is 11.3 Å². The molecule has 2 atom stereocenters. The lowest BCUT2D eigenvalue weighted by Crippen LogP contribution is -2.52. The number of aliphatic hydroxyl groups is 1. The molecule has 3 N–H and O–H groups in total. The summed E-state index contributed by atoms with van der Waals surface area (Å²) in [7, 11) is 0. The second-order valence-electron chi connectivity index (χ2n) is 10.0. The van der Waals surface area contributed by atoms with E-state index in [1.54, 1.807) is 40.0 Å². The Bertz CT molecular complexity index is 1290. The first kappa shape index (κ1) is 26.4. The smallest absolute Gasteiger partial charge is 0.424 e. The maximum absolute atomic E-state index is 14.4. The molecule has 1 aromatic carbocycles. The third kappa shape index (κ3) is 4.97. The Kier molecular flexibility index (Phi) is 6.43. The molecule has 198 valence electrons. The van der Waals surface area contributed by atoms with E-state index in [9.17, 15) is 27.5 Å². The van der Waals surface area contributed by atoms with Crippen LogP contribution in [-0.2, 0) is 15.8 Å². The highest BCUT2D eigenvalue weighted by atomic mass is 19.4. The fourth-order valence-electron chi connectivity index (χ4n) is 4.03. The van der Waals surface area contributed by atoms with Crippen molar-refractivity contribution in [2.45, 2.75) is 50.5 Å². The van der Waals surface area contributed by atoms with Crippen molar-refractivity contribution >= 4 is 6.09 Å². The molecule has 0 saturated heterocycles. The predicted molar refractivity (Wildman–Crippen MR) is 124 cm³/mol. The number of hydrogen-bond acceptors (Lipinski definition) is 6. The van der Waals surface area contributed by atoms with Gasteiger partial charge in [0.15, 0.2) is 0 Å². The van der Waals surface area contributed by atoms with Crippen LogP contribution in [0, 0.1) is 5.82 Å². The normalized spacial score (nSPS) is 19.1. The number of rotatable bonds is 5. The lowest BCUT2D eigenvalue weighted by atomic mass is 9.80. The van der Waals surface area contributed by atoms with E-state index < -0.39 is 46.9 Å². The number of nitrogens with one attached hydrogen (secondary N) is 2. The quantitative estimate of drug-likeness (QED) is 0.423. The van der Waals surface area contributed by atoms with E-state index in [1.807, 2.05) is 5.32 Å². The van der Waals surface area contributed by atoms with Crippen molar-refractivity contribution < 1.29 is 36.9 Å². The summed E-state index contributed by atoms with van der Waals surface area (Å²) in [6.45, 7) is 5.16. The van der Waals surface area contributed by atoms with Crippen LogP contribution in [-0.4, -0.2) is 51.3 Å². The third-order valence-corrected chi connectivity index (χ3v) is 6.04. The van der Waals surface area contributed by atoms with Gasteiger partial charge in [-0.15, -0.1) is 0 Å². The largest absolute Gasteiger partial charge is 0.490 e. The van der Waals surface area contributed by atoms with Crippen molar-refractivity contribution in [3.05, 3.63) is 65.4 Å². The Morgan fingerprint density at radius 1 is 1.22 bits per heavy atom. The number of carbonyl (C=O) groups is 1. The molecular weight excluding hydrogens is 496 g/mol. The molecule has 0 fully saturated rings. The van der Waals surface area contributed by atoms with Gasteiger partial charge in [-0.3, -0.25) is 5.10 Å². The third-order valence-electron chi connectivity index (χ3n) is 6.04. The van der Waals surface area contributed by atoms with E-state index >= 15 is 0 Å². The molecular formula is C25H26F4N4O4. The van der Waals surface area contributed by atoms with Gasteiger partial charge >= 0.3 is 12.3 Å². The topological polar surface area (TPSA) is 109 Å². The van der Waals surface area contributed by atoms with Gasteiger partial charge in [-0.1, -0.05) is 0 Å². The molecule has 0 saturated carbocycles. The van der Waals surface area contributed by atoms with Gasteiger partial charge in [0, 0.05) is 17.3 Å². The minimum atomic E-state index is -5.24. The van der Waals surface area contributed by atoms with E-state index in [4.69, 9.17) is 9.47 Å². The number of ether oxygens (including phenoxy) is 2. The molecule has 37 heavy (non-hydrogen) atoms. The zero-order valence-corrected chi connectivity index (χ0v) is 20.5. The number of fused-ring (bicyclic) bond motifs is 1. The molecule has 3 aromatic rings. The number of hydrogen-bond donors (Lipinski definition) is 3. The predicted octanol–water partition coefficient (Wildman–Crippen LogP) is 4.58. The SMILES string of the molecule is CC(C)(C)OC(=O)NCC(O)(c1cc2c(c(-c3ccc(F)cc3)n1)OC[C@]2(C)c1cc[nH]n1)C(F)(F)F. The number of halogens is 4. The van der Waals surface area contributed by atoms with Gasteiger partial charge < -0.3 is 19.9 Å². The molecule has 4 rings (SSSR count). The van der Waals surface area contributed by atoms with Gasteiger partial charge in [0.25, 0.3) is 0 Å². The number of amides is 1. The second-order valence-corrected chi connectivity index (χ2v) is 10.0. The zero-order valence-electron chi connectivity index (χ0n) is 20.5. The summed E-state index contributed by atoms with van der Waals surface area (Å²) in [6.07, 6.45) is -4.82. The fraction of sp³-hybridized carbons (Fsp3) is 0.400. The van der Waals surface area contributed by atoms with Crippen molar-refractivity contribution in [2.24, 2.45) is 0 Å². The van der Waals surface area contributed by atoms with Crippen LogP contribution >= 0.6 is 0 Å². The standard InChI is InChI=1S/C25H26F4N4O4/c1-22(2,3)37-21(34)30-12-24(35,25(27,28)29)18-11-16-20(19(32-18)14-5-7-15(26)8-6-14)36-13-23(16,4)17-9-10-31-33-17/h5-11,35H,12-13H2,1-4H3,(H,30,34)(H,31,33)/t23-,24?/m0/s1. The van der Waals surface area contributed by atoms with Crippen LogP contribution in [0.15, 0.2) is 42.6 Å². The molecule has 0 aliphatic carbocycles. The van der Waals surface area contributed by atoms with Gasteiger partial charge in [-0.05, 0) is 64.1 Å². The van der Waals surface area contributed by atoms with Crippen LogP contribution < -0.4 is 10.1 Å². The molecule has 1 unspecified atom stereocenters. The van der Waals surface area contributed by atoms with Crippen LogP contribution in [0.25, 0.3) is 11.3 Å². The molecule has 2 aromatic heterocycles. The van der Waals surface area contributed by atoms with Crippen LogP contribution in [0.3, 0.4) is 0 Å². The van der Waals surface area contributed by atoms with Crippen LogP contribution in [0.4, 0.5) is 22.4 Å². The van der Waals surface area contributed by atoms with E-state index in [1.165, 1.54) is 12.1 Å². The van der Waals surface area contributed by atoms with Gasteiger partial charge in [0.1, 0.15) is 29.5 Å². The van der Waals surface area contributed by atoms with Crippen LogP contribution in [0.2, 0.25) is 0 Å². The number of pyridine rings is 1. The van der Waals surface area contributed by atoms with Gasteiger partial charge in [0.2, 0.25) is 5.60 Å². The molecule has 0 spiro atoms. The molecule has 1 amide bonds. The van der Waals surface area contributed by atoms with Gasteiger partial charge in [-0.2, -0.15) is 18.3 Å². The van der Waals surface area contributed by atoms with Gasteiger partial charge in [0.05, 0.1) is 23.3 Å². The average Bonchev–Trinajstić information content (AvgIpc) is 3.45. The number of nitrogens with zero attached hydrogens (tertiary/aromatic N) is 2. The number of aromatic nitrogens is 3. The summed E-state index contributed by atoms with van der Waals surface area (Å²) < 4.78 is 67.7. The number of alkyl carbamates (subject to hydrolysis) is 1. The molecule has 1 aliphatic heterocycles. The highest BCUT2D eigenvalue weighted by molar-refractivity contribution is 5.72. The Hall–Kier alpha value is -3.67. The van der Waals surface area contributed by atoms with Crippen molar-refractivity contribution in [2.75, 3.05) is 13.2 Å². The number of aromatic amines is 1. The number of alkyl halides is 3. The highest BCUT2D eigenvalue weighted by Crippen LogP contribution is 2.49. The Balaban J connectivity index is 1.88. The first-order chi connectivity index (χ1) is 17.1. The maximum Gasteiger partial charge on any atom is 0.424 e. The van der Waals surface area contributed by atoms with Crippen LogP contribution in [0.5, 0.6) is 5.75 Å². The van der Waals surface area contributed by atoms with Crippen molar-refractivity contribution in [1.29, 1.82) is 0 Å². The maximum atomic E-state index is 14.4. The summed E-state index contributed by atoms with van der Waals surface area (Å²) >= 11 is 0. The average molecular weight is 522 g/mol. The van der Waals surface area contributed by atoms with E-state index in [-0.39, 0.29) is 23.6 Å². The van der Waals surface area contributed by atoms with Crippen LogP contribution in [0.1, 0.15) is 44.6 Å². The Labute approximate surface area is 210 Å². The van der Waals surface area contributed by atoms with E-state index in [2.05, 4.69) is 15.2 Å². The second kappa shape index (κ2) is 9.02. The monoisotopic (exact) mass is 522 g/mol. The number of H-pyrrole nitrogens is 1. The molecule has 0 radical (unpaired) electrons. The lowest BCUT2D eigenvalue weighted by molar-refractivity contribution is -0.265. The summed E-state index contributed by atoms with van der Waals surface area (Å²) in [5.74, 6) is -0.363. The van der Waals surface area contributed by atoms with Crippen molar-refractivity contribution in [3.63, 3.8) is 0 Å². The summed E-state index contributed by atoms with van der Waals surface area (Å²) in [5, 5.41) is 19.9. The molecule has 8 nitrogen and oxygen atoms in total. The molecule has 0 bridgehead atoms. The zero-order chi connectivity index (χ0) is 27.2. The Morgan fingerprint density at radius 3 is 2.46 bits per heavy atom. The van der Waals surface area contributed by atoms with E-state index in [0.717, 1.165) is 18.2 Å². The van der Waals surface area contributed by atoms with Gasteiger partial charge in [-0.25, -0.2) is 14.2 Å². The number of carbonyl (C=O) groups excluding carboxylic acids is 1. The highest BCUT2D eigenvalue weighted by Gasteiger charge is 2.57. The first-order valence-electron chi connectivity index (χ1n) is 11.3. The van der Waals surface area contributed by atoms with Crippen molar-refractivity contribution in [1.82, 2.24) is 20.5 Å². The fourth-order valence-corrected chi connectivity index (χ4v) is 4.03. The Morgan fingerprint density at radius 2 is 1.89 bits per heavy atom. The summed E-state index contributed by atoms with van der Waals surface area (Å²) in [5.41, 5.74) is -5.29. The summed E-state index contributed by atoms with van der Waals surface area (Å²) in [4.78, 5) is 16.3. The number of benzene rings is 1. The lowest BCUT2D eigenvalue weighted by Gasteiger charge is -2.32. The van der Waals surface area contributed by atoms with Crippen molar-refractivity contribution in [3.8, 4) is 17.0 Å². The first-order valence-corrected chi connectivity index (χ1v) is 11.3. The molecule has 1 aliphatic rings. The minimum absolute atomic E-state index is 0.0216. The summed E-state index contributed by atoms with van der Waals surface area (Å²) in [6, 6.07) is 7.74.